The molecule has 0 saturated carbocycles. The van der Waals surface area contributed by atoms with Gasteiger partial charge in [-0.2, -0.15) is 0 Å². The van der Waals surface area contributed by atoms with Crippen molar-refractivity contribution in [2.24, 2.45) is 0 Å². The van der Waals surface area contributed by atoms with Gasteiger partial charge in [-0.15, -0.1) is 0 Å². The molecule has 1 N–H and O–H groups in total. The van der Waals surface area contributed by atoms with Crippen LogP contribution < -0.4 is 5.32 Å². The van der Waals surface area contributed by atoms with Gasteiger partial charge in [0.2, 0.25) is 17.6 Å². The molecule has 8 nitrogen and oxygen atoms in total. The normalized spacial score (nSPS) is 21.7. The lowest BCUT2D eigenvalue weighted by Crippen LogP contribution is -2.41. The maximum Gasteiger partial charge on any atom is 0.338 e. The van der Waals surface area contributed by atoms with Crippen molar-refractivity contribution < 1.29 is 23.9 Å². The Morgan fingerprint density at radius 1 is 1.13 bits per heavy atom. The quantitative estimate of drug-likeness (QED) is 0.665. The smallest absolute Gasteiger partial charge is 0.338 e. The van der Waals surface area contributed by atoms with E-state index in [0.29, 0.717) is 32.7 Å². The van der Waals surface area contributed by atoms with E-state index in [4.69, 9.17) is 9.47 Å². The Morgan fingerprint density at radius 2 is 1.90 bits per heavy atom. The zero-order chi connectivity index (χ0) is 21.6. The summed E-state index contributed by atoms with van der Waals surface area (Å²) in [5.41, 5.74) is 1.19. The highest BCUT2D eigenvalue weighted by atomic mass is 16.8. The average molecular weight is 418 g/mol. The van der Waals surface area contributed by atoms with E-state index in [1.54, 1.807) is 18.7 Å². The van der Waals surface area contributed by atoms with Crippen molar-refractivity contribution in [3.8, 4) is 0 Å². The molecular formula is C22H31N3O5. The van der Waals surface area contributed by atoms with E-state index in [2.05, 4.69) is 10.2 Å². The third-order valence-electron chi connectivity index (χ3n) is 5.28. The first-order chi connectivity index (χ1) is 14.3. The molecule has 164 valence electrons. The highest BCUT2D eigenvalue weighted by molar-refractivity contribution is 5.85. The van der Waals surface area contributed by atoms with Gasteiger partial charge in [0.1, 0.15) is 0 Å². The molecule has 0 aliphatic carbocycles. The molecule has 0 bridgehead atoms. The molecule has 0 radical (unpaired) electrons. The molecule has 30 heavy (non-hydrogen) atoms. The van der Waals surface area contributed by atoms with E-state index in [-0.39, 0.29) is 18.2 Å². The highest BCUT2D eigenvalue weighted by Gasteiger charge is 2.42. The monoisotopic (exact) mass is 417 g/mol. The number of amides is 2. The number of carbonyl (C=O) groups is 3. The minimum absolute atomic E-state index is 0.00459. The van der Waals surface area contributed by atoms with Crippen LogP contribution in [0.3, 0.4) is 0 Å². The Morgan fingerprint density at radius 3 is 2.60 bits per heavy atom. The summed E-state index contributed by atoms with van der Waals surface area (Å²) in [5, 5.41) is 2.96. The summed E-state index contributed by atoms with van der Waals surface area (Å²) in [4.78, 5) is 40.5. The molecular weight excluding hydrogens is 386 g/mol. The van der Waals surface area contributed by atoms with Crippen molar-refractivity contribution in [1.82, 2.24) is 15.1 Å². The molecule has 2 heterocycles. The van der Waals surface area contributed by atoms with Crippen LogP contribution in [-0.4, -0.2) is 78.7 Å². The van der Waals surface area contributed by atoms with Crippen LogP contribution in [0.15, 0.2) is 30.3 Å². The highest BCUT2D eigenvalue weighted by Crippen LogP contribution is 2.26. The van der Waals surface area contributed by atoms with Crippen LogP contribution in [0, 0.1) is 0 Å². The van der Waals surface area contributed by atoms with Gasteiger partial charge in [0.05, 0.1) is 13.0 Å². The molecule has 2 fully saturated rings. The Balaban J connectivity index is 1.38. The van der Waals surface area contributed by atoms with Crippen molar-refractivity contribution in [2.45, 2.75) is 45.0 Å². The first-order valence-corrected chi connectivity index (χ1v) is 10.5. The second-order valence-electron chi connectivity index (χ2n) is 8.23. The van der Waals surface area contributed by atoms with Crippen LogP contribution >= 0.6 is 0 Å². The first kappa shape index (κ1) is 22.2. The summed E-state index contributed by atoms with van der Waals surface area (Å²) in [6.07, 6.45) is 0.728. The second kappa shape index (κ2) is 10.0. The summed E-state index contributed by atoms with van der Waals surface area (Å²) >= 11 is 0. The van der Waals surface area contributed by atoms with Gasteiger partial charge in [0, 0.05) is 46.6 Å². The third kappa shape index (κ3) is 6.53. The molecule has 1 atom stereocenters. The number of hydrogen-bond donors (Lipinski definition) is 1. The summed E-state index contributed by atoms with van der Waals surface area (Å²) < 4.78 is 10.6. The molecule has 0 aromatic heterocycles. The fraction of sp³-hybridized carbons (Fsp3) is 0.591. The van der Waals surface area contributed by atoms with Gasteiger partial charge in [0.25, 0.3) is 0 Å². The lowest BCUT2D eigenvalue weighted by molar-refractivity contribution is -0.161. The average Bonchev–Trinajstić information content (AvgIpc) is 2.85. The van der Waals surface area contributed by atoms with Crippen LogP contribution in [0.25, 0.3) is 0 Å². The summed E-state index contributed by atoms with van der Waals surface area (Å²) in [6.45, 7) is 6.76. The Labute approximate surface area is 177 Å². The number of nitrogens with one attached hydrogen (secondary N) is 1. The van der Waals surface area contributed by atoms with E-state index in [9.17, 15) is 14.4 Å². The minimum atomic E-state index is -0.981. The van der Waals surface area contributed by atoms with Crippen molar-refractivity contribution in [3.05, 3.63) is 35.9 Å². The van der Waals surface area contributed by atoms with Gasteiger partial charge in [-0.25, -0.2) is 4.79 Å². The van der Waals surface area contributed by atoms with Gasteiger partial charge in [-0.05, 0) is 18.4 Å². The molecule has 3 rings (SSSR count). The van der Waals surface area contributed by atoms with Crippen LogP contribution in [0.5, 0.6) is 0 Å². The standard InChI is InChI=1S/C22H31N3O5/c1-22(2)29-18(21(28)30-22)15-20(27)25-12-6-11-24(13-14-25)16-19(26)23-10-9-17-7-4-3-5-8-17/h3-5,7-8,18H,6,9-16H2,1-2H3,(H,23,26). The SMILES string of the molecule is CC1(C)OC(=O)C(CC(=O)N2CCCN(CC(=O)NCCc3ccccc3)CC2)O1. The number of rotatable bonds is 7. The molecule has 8 heteroatoms. The largest absolute Gasteiger partial charge is 0.432 e. The van der Waals surface area contributed by atoms with Crippen molar-refractivity contribution in [1.29, 1.82) is 0 Å². The van der Waals surface area contributed by atoms with Gasteiger partial charge < -0.3 is 19.7 Å². The lowest BCUT2D eigenvalue weighted by atomic mass is 10.1. The van der Waals surface area contributed by atoms with Crippen molar-refractivity contribution >= 4 is 17.8 Å². The maximum absolute atomic E-state index is 12.6. The number of carbonyl (C=O) groups excluding carboxylic acids is 3. The molecule has 2 aliphatic heterocycles. The minimum Gasteiger partial charge on any atom is -0.432 e. The Bertz CT molecular complexity index is 752. The third-order valence-corrected chi connectivity index (χ3v) is 5.28. The Kier molecular flexibility index (Phi) is 7.44. The van der Waals surface area contributed by atoms with E-state index in [0.717, 1.165) is 19.4 Å². The molecule has 2 amide bonds. The predicted octanol–water partition coefficient (Wildman–Crippen LogP) is 0.948. The van der Waals surface area contributed by atoms with Crippen molar-refractivity contribution in [3.63, 3.8) is 0 Å². The molecule has 2 aliphatic rings. The summed E-state index contributed by atoms with van der Waals surface area (Å²) in [7, 11) is 0. The number of nitrogens with zero attached hydrogens (tertiary/aromatic N) is 2. The number of hydrogen-bond acceptors (Lipinski definition) is 6. The number of cyclic esters (lactones) is 1. The zero-order valence-electron chi connectivity index (χ0n) is 17.8. The van der Waals surface area contributed by atoms with Gasteiger partial charge >= 0.3 is 5.97 Å². The van der Waals surface area contributed by atoms with Gasteiger partial charge in [-0.3, -0.25) is 14.5 Å². The van der Waals surface area contributed by atoms with Crippen LogP contribution in [0.4, 0.5) is 0 Å². The lowest BCUT2D eigenvalue weighted by Gasteiger charge is -2.22. The predicted molar refractivity (Wildman–Crippen MR) is 110 cm³/mol. The van der Waals surface area contributed by atoms with E-state index in [1.165, 1.54) is 5.56 Å². The number of ether oxygens (including phenoxy) is 2. The van der Waals surface area contributed by atoms with Crippen LogP contribution in [0.2, 0.25) is 0 Å². The molecule has 0 spiro atoms. The van der Waals surface area contributed by atoms with Gasteiger partial charge in [0.15, 0.2) is 6.10 Å². The van der Waals surface area contributed by atoms with E-state index in [1.807, 2.05) is 30.3 Å². The van der Waals surface area contributed by atoms with Crippen LogP contribution in [-0.2, 0) is 30.3 Å². The first-order valence-electron chi connectivity index (χ1n) is 10.5. The maximum atomic E-state index is 12.6. The molecule has 1 aromatic rings. The zero-order valence-corrected chi connectivity index (χ0v) is 17.8. The summed E-state index contributed by atoms with van der Waals surface area (Å²) in [6, 6.07) is 10.0. The molecule has 1 unspecified atom stereocenters. The van der Waals surface area contributed by atoms with Crippen LogP contribution in [0.1, 0.15) is 32.3 Å². The Hall–Kier alpha value is -2.45. The van der Waals surface area contributed by atoms with E-state index < -0.39 is 17.9 Å². The summed E-state index contributed by atoms with van der Waals surface area (Å²) in [5.74, 6) is -1.60. The van der Waals surface area contributed by atoms with E-state index >= 15 is 0 Å². The van der Waals surface area contributed by atoms with Crippen molar-refractivity contribution in [2.75, 3.05) is 39.3 Å². The molecule has 1 aromatic carbocycles. The number of benzene rings is 1. The molecule has 2 saturated heterocycles. The van der Waals surface area contributed by atoms with Gasteiger partial charge in [-0.1, -0.05) is 30.3 Å². The second-order valence-corrected chi connectivity index (χ2v) is 8.23. The topological polar surface area (TPSA) is 88.2 Å². The fourth-order valence-electron chi connectivity index (χ4n) is 3.76. The number of esters is 1. The fourth-order valence-corrected chi connectivity index (χ4v) is 3.76.